The van der Waals surface area contributed by atoms with Crippen LogP contribution in [-0.4, -0.2) is 55.2 Å². The number of ether oxygens (including phenoxy) is 2. The number of halogens is 2. The van der Waals surface area contributed by atoms with E-state index in [1.165, 1.54) is 11.3 Å². The van der Waals surface area contributed by atoms with E-state index in [1.54, 1.807) is 25.2 Å². The highest BCUT2D eigenvalue weighted by atomic mass is 79.9. The Hall–Kier alpha value is -1.48. The molecule has 0 saturated carbocycles. The van der Waals surface area contributed by atoms with Gasteiger partial charge in [-0.1, -0.05) is 0 Å². The Morgan fingerprint density at radius 2 is 2.21 bits per heavy atom. The zero-order valence-electron chi connectivity index (χ0n) is 16.3. The summed E-state index contributed by atoms with van der Waals surface area (Å²) in [7, 11) is 3.17. The Bertz CT molecular complexity index is 876. The lowest BCUT2D eigenvalue weighted by Gasteiger charge is -2.26. The number of nitrogens with zero attached hydrogens (tertiary/aromatic N) is 1. The zero-order valence-corrected chi connectivity index (χ0v) is 19.5. The van der Waals surface area contributed by atoms with Crippen molar-refractivity contribution in [2.45, 2.75) is 25.5 Å². The Labute approximate surface area is 187 Å². The SMILES string of the molecule is COc1ccc(CN(C[C@@H](O)CCl)C(=O)c2sc(Br)c3c2NCCC3)c(OC)c1. The Kier molecular flexibility index (Phi) is 7.67. The standard InChI is InChI=1S/C20H24BrClN2O4S/c1-27-14-6-5-12(16(8-14)28-2)10-24(11-13(25)9-22)20(26)18-17-15(19(21)29-18)4-3-7-23-17/h5-6,8,13,23,25H,3-4,7,9-11H2,1-2H3/t13-/m0/s1. The van der Waals surface area contributed by atoms with Crippen molar-refractivity contribution in [2.75, 3.05) is 38.5 Å². The first kappa shape index (κ1) is 22.2. The first-order valence-electron chi connectivity index (χ1n) is 9.27. The summed E-state index contributed by atoms with van der Waals surface area (Å²) in [5.41, 5.74) is 2.86. The number of aliphatic hydroxyl groups excluding tert-OH is 1. The van der Waals surface area contributed by atoms with E-state index in [2.05, 4.69) is 21.2 Å². The number of methoxy groups -OCH3 is 2. The number of benzene rings is 1. The molecular formula is C20H24BrClN2O4S. The molecule has 0 bridgehead atoms. The van der Waals surface area contributed by atoms with Crippen molar-refractivity contribution in [3.8, 4) is 11.5 Å². The molecule has 1 aromatic heterocycles. The van der Waals surface area contributed by atoms with E-state index in [0.29, 0.717) is 16.4 Å². The van der Waals surface area contributed by atoms with Gasteiger partial charge in [-0.25, -0.2) is 0 Å². The topological polar surface area (TPSA) is 71.0 Å². The molecule has 29 heavy (non-hydrogen) atoms. The molecule has 9 heteroatoms. The number of hydrogen-bond acceptors (Lipinski definition) is 6. The first-order chi connectivity index (χ1) is 14.0. The minimum atomic E-state index is -0.822. The Morgan fingerprint density at radius 1 is 1.41 bits per heavy atom. The van der Waals surface area contributed by atoms with Crippen LogP contribution in [0.5, 0.6) is 11.5 Å². The molecule has 1 aliphatic rings. The number of hydrogen-bond donors (Lipinski definition) is 2. The quantitative estimate of drug-likeness (QED) is 0.530. The number of nitrogens with one attached hydrogen (secondary N) is 1. The van der Waals surface area contributed by atoms with Crippen molar-refractivity contribution < 1.29 is 19.4 Å². The fraction of sp³-hybridized carbons (Fsp3) is 0.450. The second kappa shape index (κ2) is 10.0. The van der Waals surface area contributed by atoms with Gasteiger partial charge >= 0.3 is 0 Å². The second-order valence-electron chi connectivity index (χ2n) is 6.76. The van der Waals surface area contributed by atoms with Gasteiger partial charge < -0.3 is 24.8 Å². The summed E-state index contributed by atoms with van der Waals surface area (Å²) in [6.45, 7) is 1.25. The summed E-state index contributed by atoms with van der Waals surface area (Å²) in [6, 6.07) is 5.47. The summed E-state index contributed by atoms with van der Waals surface area (Å²) in [6.07, 6.45) is 1.15. The van der Waals surface area contributed by atoms with E-state index in [9.17, 15) is 9.90 Å². The van der Waals surface area contributed by atoms with Crippen molar-refractivity contribution in [2.24, 2.45) is 0 Å². The zero-order chi connectivity index (χ0) is 21.0. The van der Waals surface area contributed by atoms with E-state index in [0.717, 1.165) is 40.0 Å². The molecule has 0 aliphatic carbocycles. The third-order valence-electron chi connectivity index (χ3n) is 4.81. The van der Waals surface area contributed by atoms with Crippen molar-refractivity contribution in [1.29, 1.82) is 0 Å². The minimum Gasteiger partial charge on any atom is -0.497 e. The molecule has 2 aromatic rings. The van der Waals surface area contributed by atoms with E-state index in [-0.39, 0.29) is 24.9 Å². The highest BCUT2D eigenvalue weighted by molar-refractivity contribution is 9.11. The van der Waals surface area contributed by atoms with E-state index in [1.807, 2.05) is 12.1 Å². The molecule has 2 heterocycles. The molecule has 0 saturated heterocycles. The van der Waals surface area contributed by atoms with Crippen LogP contribution < -0.4 is 14.8 Å². The molecule has 1 atom stereocenters. The van der Waals surface area contributed by atoms with Crippen LogP contribution in [0.1, 0.15) is 27.2 Å². The maximum atomic E-state index is 13.5. The maximum Gasteiger partial charge on any atom is 0.266 e. The van der Waals surface area contributed by atoms with Crippen LogP contribution in [0, 0.1) is 0 Å². The minimum absolute atomic E-state index is 0.0496. The lowest BCUT2D eigenvalue weighted by atomic mass is 10.1. The van der Waals surface area contributed by atoms with Crippen molar-refractivity contribution in [1.82, 2.24) is 4.90 Å². The Morgan fingerprint density at radius 3 is 2.90 bits per heavy atom. The largest absolute Gasteiger partial charge is 0.497 e. The van der Waals surface area contributed by atoms with Crippen molar-refractivity contribution >= 4 is 50.5 Å². The van der Waals surface area contributed by atoms with E-state index in [4.69, 9.17) is 21.1 Å². The summed E-state index contributed by atoms with van der Waals surface area (Å²) >= 11 is 10.8. The van der Waals surface area contributed by atoms with Crippen LogP contribution in [0.4, 0.5) is 5.69 Å². The van der Waals surface area contributed by atoms with Crippen molar-refractivity contribution in [3.63, 3.8) is 0 Å². The number of fused-ring (bicyclic) bond motifs is 1. The molecule has 1 amide bonds. The number of amides is 1. The number of carbonyl (C=O) groups is 1. The molecular weight excluding hydrogens is 480 g/mol. The second-order valence-corrected chi connectivity index (χ2v) is 9.41. The number of aliphatic hydroxyl groups is 1. The molecule has 6 nitrogen and oxygen atoms in total. The molecule has 1 aromatic carbocycles. The lowest BCUT2D eigenvalue weighted by Crippen LogP contribution is -2.38. The monoisotopic (exact) mass is 502 g/mol. The number of alkyl halides is 1. The van der Waals surface area contributed by atoms with Crippen LogP contribution in [0.2, 0.25) is 0 Å². The molecule has 0 radical (unpaired) electrons. The van der Waals surface area contributed by atoms with Gasteiger partial charge in [-0.3, -0.25) is 4.79 Å². The Balaban J connectivity index is 1.93. The normalized spacial score (nSPS) is 14.0. The van der Waals surface area contributed by atoms with E-state index >= 15 is 0 Å². The molecule has 3 rings (SSSR count). The van der Waals surface area contributed by atoms with Gasteiger partial charge in [0.1, 0.15) is 16.4 Å². The first-order valence-corrected chi connectivity index (χ1v) is 11.4. The summed E-state index contributed by atoms with van der Waals surface area (Å²) < 4.78 is 11.7. The van der Waals surface area contributed by atoms with Gasteiger partial charge in [-0.15, -0.1) is 22.9 Å². The summed E-state index contributed by atoms with van der Waals surface area (Å²) in [4.78, 5) is 15.7. The predicted molar refractivity (Wildman–Crippen MR) is 120 cm³/mol. The lowest BCUT2D eigenvalue weighted by molar-refractivity contribution is 0.0638. The maximum absolute atomic E-state index is 13.5. The smallest absolute Gasteiger partial charge is 0.266 e. The van der Waals surface area contributed by atoms with Crippen LogP contribution in [0.25, 0.3) is 0 Å². The van der Waals surface area contributed by atoms with Gasteiger partial charge in [0.05, 0.1) is 35.7 Å². The van der Waals surface area contributed by atoms with Gasteiger partial charge in [0.25, 0.3) is 5.91 Å². The molecule has 158 valence electrons. The third-order valence-corrected chi connectivity index (χ3v) is 7.14. The summed E-state index contributed by atoms with van der Waals surface area (Å²) in [5, 5.41) is 13.5. The third kappa shape index (κ3) is 4.99. The molecule has 0 spiro atoms. The number of thiophene rings is 1. The highest BCUT2D eigenvalue weighted by Crippen LogP contribution is 2.41. The van der Waals surface area contributed by atoms with Gasteiger partial charge in [-0.2, -0.15) is 0 Å². The summed E-state index contributed by atoms with van der Waals surface area (Å²) in [5.74, 6) is 1.20. The van der Waals surface area contributed by atoms with E-state index < -0.39 is 6.10 Å². The number of anilines is 1. The fourth-order valence-electron chi connectivity index (χ4n) is 3.33. The van der Waals surface area contributed by atoms with Crippen LogP contribution in [0.15, 0.2) is 22.0 Å². The molecule has 0 fully saturated rings. The van der Waals surface area contributed by atoms with Crippen LogP contribution >= 0.6 is 38.9 Å². The van der Waals surface area contributed by atoms with Crippen molar-refractivity contribution in [3.05, 3.63) is 38.0 Å². The average molecular weight is 504 g/mol. The number of carbonyl (C=O) groups excluding carboxylic acids is 1. The average Bonchev–Trinajstić information content (AvgIpc) is 3.09. The van der Waals surface area contributed by atoms with Gasteiger partial charge in [-0.05, 0) is 40.9 Å². The fourth-order valence-corrected chi connectivity index (χ4v) is 5.33. The van der Waals surface area contributed by atoms with Crippen LogP contribution in [0.3, 0.4) is 0 Å². The van der Waals surface area contributed by atoms with Gasteiger partial charge in [0.2, 0.25) is 0 Å². The molecule has 2 N–H and O–H groups in total. The molecule has 1 aliphatic heterocycles. The number of rotatable bonds is 8. The highest BCUT2D eigenvalue weighted by Gasteiger charge is 2.28. The van der Waals surface area contributed by atoms with Gasteiger partial charge in [0.15, 0.2) is 0 Å². The van der Waals surface area contributed by atoms with Crippen LogP contribution in [-0.2, 0) is 13.0 Å². The van der Waals surface area contributed by atoms with Gasteiger partial charge in [0, 0.05) is 36.8 Å². The predicted octanol–water partition coefficient (Wildman–Crippen LogP) is 4.13. The molecule has 0 unspecified atom stereocenters.